The molecule has 116 valence electrons. The van der Waals surface area contributed by atoms with Crippen molar-refractivity contribution in [2.24, 2.45) is 5.92 Å². The van der Waals surface area contributed by atoms with Crippen LogP contribution in [0.15, 0.2) is 0 Å². The monoisotopic (exact) mass is 287 g/mol. The van der Waals surface area contributed by atoms with E-state index < -0.39 is 5.97 Å². The van der Waals surface area contributed by atoms with E-state index in [-0.39, 0.29) is 18.5 Å². The van der Waals surface area contributed by atoms with Gasteiger partial charge in [0, 0.05) is 32.7 Å². The van der Waals surface area contributed by atoms with Crippen LogP contribution >= 0.6 is 0 Å². The minimum absolute atomic E-state index is 0.236. The first-order chi connectivity index (χ1) is 9.49. The number of amides is 2. The van der Waals surface area contributed by atoms with Crippen molar-refractivity contribution >= 4 is 12.0 Å². The van der Waals surface area contributed by atoms with Gasteiger partial charge >= 0.3 is 12.0 Å². The molecule has 0 atom stereocenters. The smallest absolute Gasteiger partial charge is 0.323 e. The number of carbonyl (C=O) groups is 2. The molecule has 0 unspecified atom stereocenters. The minimum Gasteiger partial charge on any atom is -0.480 e. The Hall–Kier alpha value is -1.34. The Labute approximate surface area is 119 Å². The Bertz CT molecular complexity index is 317. The van der Waals surface area contributed by atoms with E-state index in [4.69, 9.17) is 9.84 Å². The van der Waals surface area contributed by atoms with Gasteiger partial charge in [-0.1, -0.05) is 13.8 Å². The van der Waals surface area contributed by atoms with Gasteiger partial charge in [-0.25, -0.2) is 4.79 Å². The lowest BCUT2D eigenvalue weighted by Crippen LogP contribution is -2.47. The average molecular weight is 287 g/mol. The molecule has 1 aliphatic heterocycles. The van der Waals surface area contributed by atoms with Gasteiger partial charge in [-0.05, 0) is 5.92 Å². The second kappa shape index (κ2) is 8.76. The van der Waals surface area contributed by atoms with E-state index in [2.05, 4.69) is 10.2 Å². The topological polar surface area (TPSA) is 82.1 Å². The Balaban J connectivity index is 2.30. The fourth-order valence-corrected chi connectivity index (χ4v) is 2.08. The van der Waals surface area contributed by atoms with Gasteiger partial charge in [0.15, 0.2) is 0 Å². The molecule has 1 heterocycles. The first kappa shape index (κ1) is 16.7. The van der Waals surface area contributed by atoms with Crippen molar-refractivity contribution in [3.8, 4) is 0 Å². The molecule has 1 rings (SSSR count). The third kappa shape index (κ3) is 6.72. The molecule has 0 spiro atoms. The predicted octanol–water partition coefficient (Wildman–Crippen LogP) is 0.0708. The maximum atomic E-state index is 12.0. The molecule has 0 bridgehead atoms. The molecule has 0 aromatic rings. The number of nitrogens with one attached hydrogen (secondary N) is 1. The van der Waals surface area contributed by atoms with Crippen LogP contribution in [0.3, 0.4) is 0 Å². The summed E-state index contributed by atoms with van der Waals surface area (Å²) in [6.45, 7) is 8.58. The zero-order valence-corrected chi connectivity index (χ0v) is 12.3. The van der Waals surface area contributed by atoms with E-state index in [0.29, 0.717) is 13.1 Å². The van der Waals surface area contributed by atoms with Crippen LogP contribution in [0.2, 0.25) is 0 Å². The first-order valence-electron chi connectivity index (χ1n) is 7.03. The number of hydrogen-bond donors (Lipinski definition) is 2. The number of nitrogens with zero attached hydrogens (tertiary/aromatic N) is 2. The number of carboxylic acids is 1. The zero-order chi connectivity index (χ0) is 15.0. The summed E-state index contributed by atoms with van der Waals surface area (Å²) in [5.41, 5.74) is 0. The number of ether oxygens (including phenoxy) is 1. The number of urea groups is 1. The molecule has 2 amide bonds. The number of carboxylic acid groups (broad SMARTS) is 1. The molecule has 0 saturated carbocycles. The van der Waals surface area contributed by atoms with E-state index >= 15 is 0 Å². The number of morpholine rings is 1. The predicted molar refractivity (Wildman–Crippen MR) is 74.7 cm³/mol. The van der Waals surface area contributed by atoms with E-state index in [0.717, 1.165) is 32.8 Å². The lowest BCUT2D eigenvalue weighted by molar-refractivity contribution is -0.137. The molecule has 7 nitrogen and oxygen atoms in total. The molecule has 1 fully saturated rings. The summed E-state index contributed by atoms with van der Waals surface area (Å²) in [7, 11) is 0. The van der Waals surface area contributed by atoms with Crippen molar-refractivity contribution in [3.05, 3.63) is 0 Å². The number of hydrogen-bond acceptors (Lipinski definition) is 4. The lowest BCUT2D eigenvalue weighted by Gasteiger charge is -2.27. The van der Waals surface area contributed by atoms with Crippen molar-refractivity contribution < 1.29 is 19.4 Å². The van der Waals surface area contributed by atoms with Crippen LogP contribution < -0.4 is 5.32 Å². The highest BCUT2D eigenvalue weighted by Gasteiger charge is 2.18. The molecule has 0 aliphatic carbocycles. The maximum absolute atomic E-state index is 12.0. The van der Waals surface area contributed by atoms with Gasteiger partial charge in [-0.2, -0.15) is 0 Å². The zero-order valence-electron chi connectivity index (χ0n) is 12.3. The summed E-state index contributed by atoms with van der Waals surface area (Å²) in [5, 5.41) is 11.6. The van der Waals surface area contributed by atoms with Gasteiger partial charge in [0.05, 0.1) is 13.2 Å². The fourth-order valence-electron chi connectivity index (χ4n) is 2.08. The molecule has 7 heteroatoms. The van der Waals surface area contributed by atoms with Gasteiger partial charge in [0.1, 0.15) is 6.54 Å². The number of aliphatic carboxylic acids is 1. The standard InChI is InChI=1S/C13H25N3O4/c1-11(2)9-16(10-12(17)18)13(19)14-3-4-15-5-7-20-8-6-15/h11H,3-10H2,1-2H3,(H,14,19)(H,17,18). The Morgan fingerprint density at radius 2 is 2.00 bits per heavy atom. The van der Waals surface area contributed by atoms with Crippen molar-refractivity contribution in [3.63, 3.8) is 0 Å². The summed E-state index contributed by atoms with van der Waals surface area (Å²) in [6, 6.07) is -0.311. The largest absolute Gasteiger partial charge is 0.480 e. The quantitative estimate of drug-likeness (QED) is 0.692. The summed E-state index contributed by atoms with van der Waals surface area (Å²) < 4.78 is 5.25. The second-order valence-electron chi connectivity index (χ2n) is 5.35. The van der Waals surface area contributed by atoms with Gasteiger partial charge in [0.2, 0.25) is 0 Å². The number of carbonyl (C=O) groups excluding carboxylic acids is 1. The fraction of sp³-hybridized carbons (Fsp3) is 0.846. The second-order valence-corrected chi connectivity index (χ2v) is 5.35. The number of rotatable bonds is 7. The highest BCUT2D eigenvalue weighted by Crippen LogP contribution is 2.00. The third-order valence-electron chi connectivity index (χ3n) is 3.01. The molecule has 1 aliphatic rings. The van der Waals surface area contributed by atoms with Crippen molar-refractivity contribution in [1.29, 1.82) is 0 Å². The van der Waals surface area contributed by atoms with Crippen molar-refractivity contribution in [2.45, 2.75) is 13.8 Å². The van der Waals surface area contributed by atoms with Crippen LogP contribution in [0.1, 0.15) is 13.8 Å². The van der Waals surface area contributed by atoms with E-state index in [9.17, 15) is 9.59 Å². The SMILES string of the molecule is CC(C)CN(CC(=O)O)C(=O)NCCN1CCOCC1. The van der Waals surface area contributed by atoms with Crippen LogP contribution in [0, 0.1) is 5.92 Å². The van der Waals surface area contributed by atoms with Gasteiger partial charge in [0.25, 0.3) is 0 Å². The van der Waals surface area contributed by atoms with Crippen molar-refractivity contribution in [1.82, 2.24) is 15.1 Å². The molecular weight excluding hydrogens is 262 g/mol. The van der Waals surface area contributed by atoms with Crippen molar-refractivity contribution in [2.75, 3.05) is 52.5 Å². The Morgan fingerprint density at radius 1 is 1.35 bits per heavy atom. The molecule has 0 aromatic heterocycles. The van der Waals surface area contributed by atoms with Crippen LogP contribution in [0.5, 0.6) is 0 Å². The summed E-state index contributed by atoms with van der Waals surface area (Å²) in [6.07, 6.45) is 0. The molecule has 1 saturated heterocycles. The third-order valence-corrected chi connectivity index (χ3v) is 3.01. The lowest BCUT2D eigenvalue weighted by atomic mass is 10.2. The summed E-state index contributed by atoms with van der Waals surface area (Å²) in [4.78, 5) is 26.3. The average Bonchev–Trinajstić information content (AvgIpc) is 2.38. The highest BCUT2D eigenvalue weighted by molar-refractivity contribution is 5.80. The van der Waals surface area contributed by atoms with Crippen LogP contribution in [0.25, 0.3) is 0 Å². The molecular formula is C13H25N3O4. The molecule has 0 aromatic carbocycles. The first-order valence-corrected chi connectivity index (χ1v) is 7.03. The van der Waals surface area contributed by atoms with Gasteiger partial charge < -0.3 is 20.1 Å². The summed E-state index contributed by atoms with van der Waals surface area (Å²) in [5.74, 6) is -0.756. The van der Waals surface area contributed by atoms with Gasteiger partial charge in [-0.15, -0.1) is 0 Å². The molecule has 20 heavy (non-hydrogen) atoms. The van der Waals surface area contributed by atoms with E-state index in [1.54, 1.807) is 0 Å². The Kier molecular flexibility index (Phi) is 7.32. The van der Waals surface area contributed by atoms with Crippen LogP contribution in [-0.2, 0) is 9.53 Å². The summed E-state index contributed by atoms with van der Waals surface area (Å²) >= 11 is 0. The molecule has 0 radical (unpaired) electrons. The van der Waals surface area contributed by atoms with E-state index in [1.807, 2.05) is 13.8 Å². The maximum Gasteiger partial charge on any atom is 0.323 e. The van der Waals surface area contributed by atoms with Gasteiger partial charge in [-0.3, -0.25) is 9.69 Å². The normalized spacial score (nSPS) is 16.1. The highest BCUT2D eigenvalue weighted by atomic mass is 16.5. The van der Waals surface area contributed by atoms with E-state index in [1.165, 1.54) is 4.90 Å². The van der Waals surface area contributed by atoms with Crippen LogP contribution in [-0.4, -0.2) is 79.4 Å². The minimum atomic E-state index is -0.992. The molecule has 2 N–H and O–H groups in total. The van der Waals surface area contributed by atoms with Crippen LogP contribution in [0.4, 0.5) is 4.79 Å². The Morgan fingerprint density at radius 3 is 2.55 bits per heavy atom.